The molecule has 108 valence electrons. The van der Waals surface area contributed by atoms with Gasteiger partial charge in [-0.05, 0) is 12.0 Å². The molecule has 1 aromatic rings. The Morgan fingerprint density at radius 1 is 1.30 bits per heavy atom. The number of ether oxygens (including phenoxy) is 1. The SMILES string of the molecule is O=C(O)C1CC(F)CN(C(=O)OCc2ccccc2)C1. The quantitative estimate of drug-likeness (QED) is 0.921. The first-order chi connectivity index (χ1) is 9.56. The number of rotatable bonds is 3. The van der Waals surface area contributed by atoms with Crippen LogP contribution in [0.5, 0.6) is 0 Å². The van der Waals surface area contributed by atoms with Gasteiger partial charge < -0.3 is 14.7 Å². The van der Waals surface area contributed by atoms with E-state index in [0.717, 1.165) is 10.5 Å². The molecule has 5 nitrogen and oxygen atoms in total. The van der Waals surface area contributed by atoms with Gasteiger partial charge in [-0.2, -0.15) is 0 Å². The third kappa shape index (κ3) is 3.69. The Bertz CT molecular complexity index is 479. The van der Waals surface area contributed by atoms with Crippen molar-refractivity contribution < 1.29 is 23.8 Å². The maximum atomic E-state index is 13.5. The van der Waals surface area contributed by atoms with E-state index in [2.05, 4.69) is 0 Å². The fourth-order valence-electron chi connectivity index (χ4n) is 2.18. The number of benzene rings is 1. The molecule has 0 aliphatic carbocycles. The van der Waals surface area contributed by atoms with Crippen LogP contribution in [0.25, 0.3) is 0 Å². The number of hydrogen-bond donors (Lipinski definition) is 1. The molecule has 6 heteroatoms. The van der Waals surface area contributed by atoms with Crippen molar-refractivity contribution in [2.75, 3.05) is 13.1 Å². The predicted octanol–water partition coefficient (Wildman–Crippen LogP) is 2.07. The number of carboxylic acids is 1. The van der Waals surface area contributed by atoms with Crippen molar-refractivity contribution in [1.29, 1.82) is 0 Å². The minimum Gasteiger partial charge on any atom is -0.481 e. The fraction of sp³-hybridized carbons (Fsp3) is 0.429. The van der Waals surface area contributed by atoms with Gasteiger partial charge in [0.2, 0.25) is 0 Å². The summed E-state index contributed by atoms with van der Waals surface area (Å²) in [6.45, 7) is -0.0361. The van der Waals surface area contributed by atoms with E-state index < -0.39 is 24.2 Å². The molecule has 2 rings (SSSR count). The molecule has 1 aliphatic heterocycles. The molecule has 2 unspecified atom stereocenters. The first kappa shape index (κ1) is 14.3. The Morgan fingerprint density at radius 3 is 2.65 bits per heavy atom. The Hall–Kier alpha value is -2.11. The number of piperidine rings is 1. The summed E-state index contributed by atoms with van der Waals surface area (Å²) in [5, 5.41) is 8.92. The molecule has 0 spiro atoms. The molecule has 1 saturated heterocycles. The van der Waals surface area contributed by atoms with Crippen LogP contribution in [0.1, 0.15) is 12.0 Å². The Labute approximate surface area is 116 Å². The van der Waals surface area contributed by atoms with E-state index in [0.29, 0.717) is 0 Å². The van der Waals surface area contributed by atoms with E-state index in [1.54, 1.807) is 0 Å². The molecule has 1 heterocycles. The van der Waals surface area contributed by atoms with Crippen molar-refractivity contribution in [2.24, 2.45) is 5.92 Å². The highest BCUT2D eigenvalue weighted by Crippen LogP contribution is 2.20. The number of alkyl halides is 1. The van der Waals surface area contributed by atoms with Crippen LogP contribution >= 0.6 is 0 Å². The third-order valence-corrected chi connectivity index (χ3v) is 3.21. The van der Waals surface area contributed by atoms with E-state index in [-0.39, 0.29) is 26.1 Å². The molecule has 0 radical (unpaired) electrons. The highest BCUT2D eigenvalue weighted by Gasteiger charge is 2.34. The molecule has 1 aromatic carbocycles. The lowest BCUT2D eigenvalue weighted by Gasteiger charge is -2.32. The summed E-state index contributed by atoms with van der Waals surface area (Å²) in [5.74, 6) is -1.96. The number of carboxylic acid groups (broad SMARTS) is 1. The third-order valence-electron chi connectivity index (χ3n) is 3.21. The van der Waals surface area contributed by atoms with Crippen molar-refractivity contribution in [3.8, 4) is 0 Å². The van der Waals surface area contributed by atoms with E-state index in [4.69, 9.17) is 9.84 Å². The number of nitrogens with zero attached hydrogens (tertiary/aromatic N) is 1. The first-order valence-electron chi connectivity index (χ1n) is 6.38. The molecule has 20 heavy (non-hydrogen) atoms. The van der Waals surface area contributed by atoms with Crippen LogP contribution in [0.15, 0.2) is 30.3 Å². The predicted molar refractivity (Wildman–Crippen MR) is 68.8 cm³/mol. The standard InChI is InChI=1S/C14H16FNO4/c15-12-6-11(13(17)18)7-16(8-12)14(19)20-9-10-4-2-1-3-5-10/h1-5,11-12H,6-9H2,(H,17,18). The average molecular weight is 281 g/mol. The summed E-state index contributed by atoms with van der Waals surface area (Å²) in [7, 11) is 0. The van der Waals surface area contributed by atoms with Crippen LogP contribution < -0.4 is 0 Å². The van der Waals surface area contributed by atoms with Gasteiger partial charge in [-0.1, -0.05) is 30.3 Å². The smallest absolute Gasteiger partial charge is 0.410 e. The van der Waals surface area contributed by atoms with Gasteiger partial charge in [0.25, 0.3) is 0 Å². The van der Waals surface area contributed by atoms with Gasteiger partial charge in [0.05, 0.1) is 12.5 Å². The van der Waals surface area contributed by atoms with Gasteiger partial charge in [-0.15, -0.1) is 0 Å². The van der Waals surface area contributed by atoms with Crippen molar-refractivity contribution in [1.82, 2.24) is 4.90 Å². The summed E-state index contributed by atoms with van der Waals surface area (Å²) in [6.07, 6.45) is -2.06. The zero-order chi connectivity index (χ0) is 14.5. The molecular weight excluding hydrogens is 265 g/mol. The summed E-state index contributed by atoms with van der Waals surface area (Å²) < 4.78 is 18.5. The largest absolute Gasteiger partial charge is 0.481 e. The number of halogens is 1. The Morgan fingerprint density at radius 2 is 2.00 bits per heavy atom. The summed E-state index contributed by atoms with van der Waals surface area (Å²) in [4.78, 5) is 23.9. The molecule has 1 N–H and O–H groups in total. The van der Waals surface area contributed by atoms with E-state index in [9.17, 15) is 14.0 Å². The highest BCUT2D eigenvalue weighted by atomic mass is 19.1. The molecule has 0 saturated carbocycles. The molecule has 1 amide bonds. The lowest BCUT2D eigenvalue weighted by atomic mass is 9.97. The van der Waals surface area contributed by atoms with Crippen LogP contribution in [0.3, 0.4) is 0 Å². The maximum absolute atomic E-state index is 13.5. The van der Waals surface area contributed by atoms with Gasteiger partial charge >= 0.3 is 12.1 Å². The van der Waals surface area contributed by atoms with Gasteiger partial charge in [0.1, 0.15) is 12.8 Å². The molecule has 1 aliphatic rings. The molecule has 2 atom stereocenters. The molecule has 1 fully saturated rings. The minimum absolute atomic E-state index is 0.0105. The zero-order valence-electron chi connectivity index (χ0n) is 10.9. The number of amides is 1. The molecule has 0 bridgehead atoms. The van der Waals surface area contributed by atoms with E-state index in [1.807, 2.05) is 30.3 Å². The van der Waals surface area contributed by atoms with Crippen LogP contribution in [0.2, 0.25) is 0 Å². The Balaban J connectivity index is 1.90. The lowest BCUT2D eigenvalue weighted by molar-refractivity contribution is -0.144. The van der Waals surface area contributed by atoms with Crippen molar-refractivity contribution >= 4 is 12.1 Å². The van der Waals surface area contributed by atoms with Gasteiger partial charge in [-0.25, -0.2) is 9.18 Å². The molecular formula is C14H16FNO4. The number of carbonyl (C=O) groups is 2. The van der Waals surface area contributed by atoms with Crippen molar-refractivity contribution in [3.05, 3.63) is 35.9 Å². The van der Waals surface area contributed by atoms with E-state index >= 15 is 0 Å². The van der Waals surface area contributed by atoms with Crippen LogP contribution in [-0.4, -0.2) is 41.3 Å². The van der Waals surface area contributed by atoms with Crippen LogP contribution in [0.4, 0.5) is 9.18 Å². The zero-order valence-corrected chi connectivity index (χ0v) is 10.9. The lowest BCUT2D eigenvalue weighted by Crippen LogP contribution is -2.47. The summed E-state index contributed by atoms with van der Waals surface area (Å²) >= 11 is 0. The second kappa shape index (κ2) is 6.36. The second-order valence-electron chi connectivity index (χ2n) is 4.81. The summed E-state index contributed by atoms with van der Waals surface area (Å²) in [6, 6.07) is 9.11. The monoisotopic (exact) mass is 281 g/mol. The maximum Gasteiger partial charge on any atom is 0.410 e. The number of likely N-dealkylation sites (tertiary alicyclic amines) is 1. The van der Waals surface area contributed by atoms with Crippen molar-refractivity contribution in [3.63, 3.8) is 0 Å². The van der Waals surface area contributed by atoms with Gasteiger partial charge in [0.15, 0.2) is 0 Å². The normalized spacial score (nSPS) is 22.4. The number of hydrogen-bond acceptors (Lipinski definition) is 3. The molecule has 0 aromatic heterocycles. The van der Waals surface area contributed by atoms with Crippen LogP contribution in [0, 0.1) is 5.92 Å². The number of carbonyl (C=O) groups excluding carboxylic acids is 1. The Kier molecular flexibility index (Phi) is 4.55. The van der Waals surface area contributed by atoms with Gasteiger partial charge in [0, 0.05) is 6.54 Å². The van der Waals surface area contributed by atoms with Gasteiger partial charge in [-0.3, -0.25) is 4.79 Å². The fourth-order valence-corrected chi connectivity index (χ4v) is 2.18. The first-order valence-corrected chi connectivity index (χ1v) is 6.38. The van der Waals surface area contributed by atoms with E-state index in [1.165, 1.54) is 0 Å². The minimum atomic E-state index is -1.32. The van der Waals surface area contributed by atoms with Crippen LogP contribution in [-0.2, 0) is 16.1 Å². The topological polar surface area (TPSA) is 66.8 Å². The van der Waals surface area contributed by atoms with Crippen molar-refractivity contribution in [2.45, 2.75) is 19.2 Å². The highest BCUT2D eigenvalue weighted by molar-refractivity contribution is 5.73. The second-order valence-corrected chi connectivity index (χ2v) is 4.81. The average Bonchev–Trinajstić information content (AvgIpc) is 2.45. The summed E-state index contributed by atoms with van der Waals surface area (Å²) in [5.41, 5.74) is 0.824. The number of aliphatic carboxylic acids is 1.